The van der Waals surface area contributed by atoms with Crippen LogP contribution >= 0.6 is 7.37 Å². The lowest BCUT2D eigenvalue weighted by Gasteiger charge is -2.22. The second kappa shape index (κ2) is 13.8. The van der Waals surface area contributed by atoms with Gasteiger partial charge < -0.3 is 9.42 Å². The predicted molar refractivity (Wildman–Crippen MR) is 161 cm³/mol. The van der Waals surface area contributed by atoms with E-state index in [4.69, 9.17) is 4.52 Å². The van der Waals surface area contributed by atoms with E-state index in [0.29, 0.717) is 17.7 Å². The molecule has 0 heterocycles. The number of carbonyl (C=O) groups is 1. The lowest BCUT2D eigenvalue weighted by Crippen LogP contribution is -2.38. The molecular weight excluding hydrogens is 640 g/mol. The molecule has 0 saturated carbocycles. The SMILES string of the molecule is C=CC(c1cc(S(=O)(=O)c2ccccc2)ccc1C(F)(F)F)S(=O)(=O)NCCN(C)C(=O)c1ccc(COP(C)(C)=O)cc1. The number of alkyl halides is 3. The fraction of sp³-hybridized carbons (Fsp3) is 0.276. The van der Waals surface area contributed by atoms with E-state index in [1.54, 1.807) is 18.2 Å². The maximum Gasteiger partial charge on any atom is 0.416 e. The summed E-state index contributed by atoms with van der Waals surface area (Å²) in [6.45, 7) is 5.95. The fourth-order valence-electron chi connectivity index (χ4n) is 4.10. The van der Waals surface area contributed by atoms with Crippen LogP contribution in [0, 0.1) is 0 Å². The molecule has 0 radical (unpaired) electrons. The number of nitrogens with zero attached hydrogens (tertiary/aromatic N) is 1. The molecule has 1 unspecified atom stereocenters. The van der Waals surface area contributed by atoms with Crippen molar-refractivity contribution in [2.75, 3.05) is 33.5 Å². The van der Waals surface area contributed by atoms with Crippen molar-refractivity contribution in [3.8, 4) is 0 Å². The molecule has 0 bridgehead atoms. The summed E-state index contributed by atoms with van der Waals surface area (Å²) in [6.07, 6.45) is -4.22. The van der Waals surface area contributed by atoms with Crippen LogP contribution in [0.5, 0.6) is 0 Å². The van der Waals surface area contributed by atoms with Crippen molar-refractivity contribution in [1.29, 1.82) is 0 Å². The van der Waals surface area contributed by atoms with E-state index >= 15 is 0 Å². The van der Waals surface area contributed by atoms with E-state index in [9.17, 15) is 39.4 Å². The Balaban J connectivity index is 1.79. The van der Waals surface area contributed by atoms with Gasteiger partial charge in [0.25, 0.3) is 5.91 Å². The molecular formula is C29H32F3N2O7PS2. The molecule has 0 saturated heterocycles. The molecule has 3 aromatic carbocycles. The van der Waals surface area contributed by atoms with Crippen molar-refractivity contribution < 1.29 is 43.9 Å². The first-order valence-electron chi connectivity index (χ1n) is 13.0. The molecule has 0 aromatic heterocycles. The maximum atomic E-state index is 13.9. The number of sulfone groups is 1. The zero-order valence-electron chi connectivity index (χ0n) is 24.1. The van der Waals surface area contributed by atoms with Crippen LogP contribution in [0.1, 0.15) is 32.3 Å². The topological polar surface area (TPSA) is 127 Å². The number of amides is 1. The van der Waals surface area contributed by atoms with Crippen LogP contribution in [0.3, 0.4) is 0 Å². The zero-order valence-corrected chi connectivity index (χ0v) is 26.6. The molecule has 1 atom stereocenters. The molecule has 3 rings (SSSR count). The zero-order chi connectivity index (χ0) is 32.9. The van der Waals surface area contributed by atoms with E-state index in [1.807, 2.05) is 0 Å². The number of likely N-dealkylation sites (N-methyl/N-ethyl adjacent to an activating group) is 1. The Kier molecular flexibility index (Phi) is 11.0. The second-order valence-corrected chi connectivity index (χ2v) is 16.7. The number of carbonyl (C=O) groups excluding carboxylic acids is 1. The van der Waals surface area contributed by atoms with Crippen LogP contribution in [0.25, 0.3) is 0 Å². The predicted octanol–water partition coefficient (Wildman–Crippen LogP) is 5.51. The van der Waals surface area contributed by atoms with Gasteiger partial charge in [-0.3, -0.25) is 9.36 Å². The highest BCUT2D eigenvalue weighted by molar-refractivity contribution is 7.91. The first-order valence-corrected chi connectivity index (χ1v) is 18.6. The van der Waals surface area contributed by atoms with Gasteiger partial charge in [0.15, 0.2) is 7.37 Å². The van der Waals surface area contributed by atoms with Crippen LogP contribution in [-0.4, -0.2) is 61.1 Å². The Morgan fingerprint density at radius 2 is 1.61 bits per heavy atom. The largest absolute Gasteiger partial charge is 0.416 e. The van der Waals surface area contributed by atoms with Crippen LogP contribution in [0.15, 0.2) is 95.2 Å². The van der Waals surface area contributed by atoms with E-state index in [-0.39, 0.29) is 30.2 Å². The van der Waals surface area contributed by atoms with Crippen LogP contribution < -0.4 is 4.72 Å². The van der Waals surface area contributed by atoms with Gasteiger partial charge in [-0.25, -0.2) is 21.6 Å². The normalized spacial score (nSPS) is 13.3. The standard InChI is InChI=1S/C29H32F3N2O7PS2/c1-5-27(25-19-24(15-16-26(25)29(30,31)32)43(37,38)23-9-7-6-8-10-23)44(39,40)33-17-18-34(2)28(35)22-13-11-21(12-14-22)20-41-42(3,4)36/h5-16,19,27,33H,1,17-18,20H2,2-4H3. The molecule has 0 aliphatic heterocycles. The minimum atomic E-state index is -5.00. The molecule has 1 amide bonds. The number of benzene rings is 3. The summed E-state index contributed by atoms with van der Waals surface area (Å²) in [7, 11) is -10.1. The fourth-order valence-corrected chi connectivity index (χ4v) is 7.21. The Bertz CT molecular complexity index is 1760. The lowest BCUT2D eigenvalue weighted by molar-refractivity contribution is -0.138. The average molecular weight is 673 g/mol. The van der Waals surface area contributed by atoms with Gasteiger partial charge >= 0.3 is 6.18 Å². The van der Waals surface area contributed by atoms with E-state index in [0.717, 1.165) is 12.1 Å². The molecule has 1 N–H and O–H groups in total. The molecule has 44 heavy (non-hydrogen) atoms. The van der Waals surface area contributed by atoms with Crippen LogP contribution in [0.4, 0.5) is 13.2 Å². The summed E-state index contributed by atoms with van der Waals surface area (Å²) in [5.74, 6) is -0.452. The van der Waals surface area contributed by atoms with E-state index in [2.05, 4.69) is 11.3 Å². The van der Waals surface area contributed by atoms with E-state index < -0.39 is 60.6 Å². The Morgan fingerprint density at radius 3 is 2.16 bits per heavy atom. The number of hydrogen-bond acceptors (Lipinski definition) is 7. The van der Waals surface area contributed by atoms with Crippen molar-refractivity contribution in [2.45, 2.75) is 27.8 Å². The number of rotatable bonds is 13. The van der Waals surface area contributed by atoms with Crippen molar-refractivity contribution >= 4 is 33.1 Å². The average Bonchev–Trinajstić information content (AvgIpc) is 2.95. The summed E-state index contributed by atoms with van der Waals surface area (Å²) in [5.41, 5.74) is -1.17. The number of hydrogen-bond donors (Lipinski definition) is 1. The van der Waals surface area contributed by atoms with Crippen molar-refractivity contribution in [3.63, 3.8) is 0 Å². The molecule has 0 spiro atoms. The first-order chi connectivity index (χ1) is 20.4. The number of sulfonamides is 1. The van der Waals surface area contributed by atoms with Gasteiger partial charge in [-0.2, -0.15) is 13.2 Å². The van der Waals surface area contributed by atoms with Crippen LogP contribution in [-0.2, 0) is 41.7 Å². The third-order valence-corrected chi connectivity index (χ3v) is 10.6. The lowest BCUT2D eigenvalue weighted by atomic mass is 10.0. The van der Waals surface area contributed by atoms with Crippen molar-refractivity contribution in [2.24, 2.45) is 0 Å². The summed E-state index contributed by atoms with van der Waals surface area (Å²) >= 11 is 0. The van der Waals surface area contributed by atoms with E-state index in [1.165, 1.54) is 61.7 Å². The summed E-state index contributed by atoms with van der Waals surface area (Å²) < 4.78 is 114. The van der Waals surface area contributed by atoms with Gasteiger partial charge in [0.05, 0.1) is 22.0 Å². The Labute approximate surface area is 255 Å². The van der Waals surface area contributed by atoms with Crippen molar-refractivity contribution in [3.05, 3.63) is 108 Å². The van der Waals surface area contributed by atoms with Gasteiger partial charge in [0.2, 0.25) is 19.9 Å². The maximum absolute atomic E-state index is 13.9. The Hall–Kier alpha value is -3.29. The van der Waals surface area contributed by atoms with Crippen molar-refractivity contribution in [1.82, 2.24) is 9.62 Å². The van der Waals surface area contributed by atoms with Crippen LogP contribution in [0.2, 0.25) is 0 Å². The highest BCUT2D eigenvalue weighted by Gasteiger charge is 2.39. The number of halogens is 3. The summed E-state index contributed by atoms with van der Waals surface area (Å²) in [6, 6.07) is 15.3. The third-order valence-electron chi connectivity index (χ3n) is 6.39. The van der Waals surface area contributed by atoms with Gasteiger partial charge in [-0.1, -0.05) is 36.4 Å². The third kappa shape index (κ3) is 8.89. The molecule has 9 nitrogen and oxygen atoms in total. The highest BCUT2D eigenvalue weighted by atomic mass is 32.2. The minimum Gasteiger partial charge on any atom is -0.340 e. The molecule has 15 heteroatoms. The Morgan fingerprint density at radius 1 is 1.00 bits per heavy atom. The number of nitrogens with one attached hydrogen (secondary N) is 1. The minimum absolute atomic E-state index is 0.0952. The van der Waals surface area contributed by atoms with Gasteiger partial charge in [0, 0.05) is 39.0 Å². The molecule has 0 aliphatic rings. The smallest absolute Gasteiger partial charge is 0.340 e. The molecule has 3 aromatic rings. The monoisotopic (exact) mass is 672 g/mol. The summed E-state index contributed by atoms with van der Waals surface area (Å²) in [4.78, 5) is 13.3. The van der Waals surface area contributed by atoms with Gasteiger partial charge in [0.1, 0.15) is 5.25 Å². The summed E-state index contributed by atoms with van der Waals surface area (Å²) in [5, 5.41) is -1.97. The molecule has 238 valence electrons. The second-order valence-electron chi connectivity index (χ2n) is 10.1. The molecule has 0 fully saturated rings. The van der Waals surface area contributed by atoms with Gasteiger partial charge in [-0.15, -0.1) is 6.58 Å². The quantitative estimate of drug-likeness (QED) is 0.187. The first kappa shape index (κ1) is 35.2. The highest BCUT2D eigenvalue weighted by Crippen LogP contribution is 2.40. The molecule has 0 aliphatic carbocycles. The van der Waals surface area contributed by atoms with Gasteiger partial charge in [-0.05, 0) is 53.6 Å².